The molecule has 1 aliphatic rings. The first-order chi connectivity index (χ1) is 14.9. The van der Waals surface area contributed by atoms with Crippen molar-refractivity contribution in [3.8, 4) is 0 Å². The van der Waals surface area contributed by atoms with Crippen LogP contribution < -0.4 is 16.6 Å². The smallest absolute Gasteiger partial charge is 0.332 e. The predicted octanol–water partition coefficient (Wildman–Crippen LogP) is 1.85. The molecule has 1 aromatic carbocycles. The first kappa shape index (κ1) is 21.3. The Morgan fingerprint density at radius 2 is 1.87 bits per heavy atom. The van der Waals surface area contributed by atoms with Crippen molar-refractivity contribution in [2.75, 3.05) is 19.6 Å². The molecule has 162 valence electrons. The van der Waals surface area contributed by atoms with Gasteiger partial charge >= 0.3 is 5.69 Å². The average molecular weight is 442 g/mol. The maximum absolute atomic E-state index is 12.9. The predicted molar refractivity (Wildman–Crippen MR) is 120 cm³/mol. The first-order valence-electron chi connectivity index (χ1n) is 10.2. The lowest BCUT2D eigenvalue weighted by molar-refractivity contribution is 0.0937. The molecule has 4 rings (SSSR count). The molecule has 0 spiro atoms. The largest absolute Gasteiger partial charge is 0.350 e. The fraction of sp³-hybridized carbons (Fsp3) is 0.364. The van der Waals surface area contributed by atoms with Gasteiger partial charge in [-0.05, 0) is 43.6 Å². The lowest BCUT2D eigenvalue weighted by Crippen LogP contribution is -2.38. The summed E-state index contributed by atoms with van der Waals surface area (Å²) in [6, 6.07) is 9.12. The van der Waals surface area contributed by atoms with Crippen molar-refractivity contribution in [2.45, 2.75) is 18.9 Å². The molecule has 3 heterocycles. The van der Waals surface area contributed by atoms with Crippen molar-refractivity contribution in [3.05, 3.63) is 73.5 Å². The van der Waals surface area contributed by atoms with Crippen LogP contribution in [0.1, 0.15) is 34.8 Å². The highest BCUT2D eigenvalue weighted by atomic mass is 35.5. The van der Waals surface area contributed by atoms with Crippen LogP contribution in [0.2, 0.25) is 5.02 Å². The molecule has 31 heavy (non-hydrogen) atoms. The third-order valence-electron chi connectivity index (χ3n) is 5.86. The quantitative estimate of drug-likeness (QED) is 0.652. The number of carbonyl (C=O) groups is 1. The minimum absolute atomic E-state index is 0.0396. The number of likely N-dealkylation sites (tertiary alicyclic amines) is 1. The van der Waals surface area contributed by atoms with Crippen LogP contribution in [0.15, 0.2) is 46.1 Å². The highest BCUT2D eigenvalue weighted by Gasteiger charge is 2.26. The zero-order valence-corrected chi connectivity index (χ0v) is 18.2. The van der Waals surface area contributed by atoms with Crippen molar-refractivity contribution in [3.63, 3.8) is 0 Å². The van der Waals surface area contributed by atoms with Gasteiger partial charge in [-0.3, -0.25) is 23.6 Å². The molecule has 1 N–H and O–H groups in total. The van der Waals surface area contributed by atoms with Gasteiger partial charge in [-0.25, -0.2) is 9.78 Å². The van der Waals surface area contributed by atoms with Crippen LogP contribution in [0, 0.1) is 0 Å². The number of hydrogen-bond acceptors (Lipinski definition) is 5. The van der Waals surface area contributed by atoms with Gasteiger partial charge in [0.1, 0.15) is 5.65 Å². The van der Waals surface area contributed by atoms with E-state index < -0.39 is 11.2 Å². The van der Waals surface area contributed by atoms with E-state index in [0.717, 1.165) is 36.1 Å². The molecule has 1 amide bonds. The molecule has 1 saturated heterocycles. The van der Waals surface area contributed by atoms with E-state index in [9.17, 15) is 14.4 Å². The summed E-state index contributed by atoms with van der Waals surface area (Å²) in [7, 11) is 2.95. The van der Waals surface area contributed by atoms with Crippen LogP contribution >= 0.6 is 11.6 Å². The Bertz CT molecular complexity index is 1260. The lowest BCUT2D eigenvalue weighted by Gasteiger charge is -2.29. The topological polar surface area (TPSA) is 89.2 Å². The molecule has 0 bridgehead atoms. The van der Waals surface area contributed by atoms with Crippen molar-refractivity contribution in [1.82, 2.24) is 24.3 Å². The second-order valence-electron chi connectivity index (χ2n) is 7.79. The van der Waals surface area contributed by atoms with Gasteiger partial charge in [0.05, 0.1) is 17.0 Å². The first-order valence-corrected chi connectivity index (χ1v) is 10.6. The standard InChI is InChI=1S/C22H24ClN5O3/c1-26-19-16(21(30)27(2)22(26)31)11-14(12-24-19)20(29)25-13-18(28-9-5-6-10-28)15-7-3-4-8-17(15)23/h3-4,7-8,11-12,18H,5-6,9-10,13H2,1-2H3,(H,25,29)/t18-/m1/s1. The Morgan fingerprint density at radius 3 is 2.58 bits per heavy atom. The van der Waals surface area contributed by atoms with Crippen molar-refractivity contribution in [2.24, 2.45) is 14.1 Å². The fourth-order valence-corrected chi connectivity index (χ4v) is 4.38. The molecule has 0 unspecified atom stereocenters. The normalized spacial score (nSPS) is 15.3. The third-order valence-corrected chi connectivity index (χ3v) is 6.20. The number of nitrogens with zero attached hydrogens (tertiary/aromatic N) is 4. The second kappa shape index (κ2) is 8.64. The number of pyridine rings is 1. The fourth-order valence-electron chi connectivity index (χ4n) is 4.12. The number of carbonyl (C=O) groups excluding carboxylic acids is 1. The van der Waals surface area contributed by atoms with Gasteiger partial charge in [-0.2, -0.15) is 0 Å². The number of rotatable bonds is 5. The zero-order chi connectivity index (χ0) is 22.1. The second-order valence-corrected chi connectivity index (χ2v) is 8.20. The van der Waals surface area contributed by atoms with E-state index in [2.05, 4.69) is 15.2 Å². The minimum Gasteiger partial charge on any atom is -0.350 e. The molecular formula is C22H24ClN5O3. The average Bonchev–Trinajstić information content (AvgIpc) is 3.31. The Hall–Kier alpha value is -2.97. The Morgan fingerprint density at radius 1 is 1.16 bits per heavy atom. The molecule has 1 aliphatic heterocycles. The number of fused-ring (bicyclic) bond motifs is 1. The monoisotopic (exact) mass is 441 g/mol. The SMILES string of the molecule is Cn1c(=O)c2cc(C(=O)NC[C@H](c3ccccc3Cl)N3CCCC3)cnc2n(C)c1=O. The number of amides is 1. The number of aromatic nitrogens is 3. The van der Waals surface area contributed by atoms with Crippen molar-refractivity contribution >= 4 is 28.5 Å². The van der Waals surface area contributed by atoms with Gasteiger partial charge < -0.3 is 5.32 Å². The zero-order valence-electron chi connectivity index (χ0n) is 17.5. The lowest BCUT2D eigenvalue weighted by atomic mass is 10.1. The third kappa shape index (κ3) is 4.00. The molecule has 0 saturated carbocycles. The highest BCUT2D eigenvalue weighted by Crippen LogP contribution is 2.29. The van der Waals surface area contributed by atoms with Gasteiger partial charge in [0.25, 0.3) is 11.5 Å². The number of hydrogen-bond donors (Lipinski definition) is 1. The number of halogens is 1. The van der Waals surface area contributed by atoms with Gasteiger partial charge in [0.2, 0.25) is 0 Å². The summed E-state index contributed by atoms with van der Waals surface area (Å²) in [6.07, 6.45) is 3.62. The van der Waals surface area contributed by atoms with E-state index in [0.29, 0.717) is 11.6 Å². The van der Waals surface area contributed by atoms with E-state index in [1.807, 2.05) is 24.3 Å². The number of aryl methyl sites for hydroxylation is 1. The van der Waals surface area contributed by atoms with E-state index in [1.54, 1.807) is 7.05 Å². The van der Waals surface area contributed by atoms with Crippen LogP contribution in [0.5, 0.6) is 0 Å². The molecule has 0 aliphatic carbocycles. The van der Waals surface area contributed by atoms with Crippen molar-refractivity contribution in [1.29, 1.82) is 0 Å². The maximum Gasteiger partial charge on any atom is 0.332 e. The Kier molecular flexibility index (Phi) is 5.93. The van der Waals surface area contributed by atoms with Crippen LogP contribution in [0.4, 0.5) is 0 Å². The van der Waals surface area contributed by atoms with E-state index in [4.69, 9.17) is 11.6 Å². The summed E-state index contributed by atoms with van der Waals surface area (Å²) < 4.78 is 2.30. The van der Waals surface area contributed by atoms with Gasteiger partial charge in [0.15, 0.2) is 0 Å². The van der Waals surface area contributed by atoms with E-state index >= 15 is 0 Å². The van der Waals surface area contributed by atoms with Gasteiger partial charge in [-0.1, -0.05) is 29.8 Å². The summed E-state index contributed by atoms with van der Waals surface area (Å²) in [6.45, 7) is 2.28. The molecule has 1 fully saturated rings. The van der Waals surface area contributed by atoms with Gasteiger partial charge in [-0.15, -0.1) is 0 Å². The molecule has 1 atom stereocenters. The summed E-state index contributed by atoms with van der Waals surface area (Å²) in [5.41, 5.74) is 0.548. The molecule has 2 aromatic heterocycles. The summed E-state index contributed by atoms with van der Waals surface area (Å²) in [4.78, 5) is 44.0. The molecule has 9 heteroatoms. The highest BCUT2D eigenvalue weighted by molar-refractivity contribution is 6.31. The molecule has 0 radical (unpaired) electrons. The molecule has 8 nitrogen and oxygen atoms in total. The maximum atomic E-state index is 12.9. The number of benzene rings is 1. The van der Waals surface area contributed by atoms with E-state index in [1.165, 1.54) is 23.9 Å². The van der Waals surface area contributed by atoms with Crippen molar-refractivity contribution < 1.29 is 4.79 Å². The Labute approximate surface area is 184 Å². The Balaban J connectivity index is 1.61. The summed E-state index contributed by atoms with van der Waals surface area (Å²) >= 11 is 6.44. The van der Waals surface area contributed by atoms with Crippen LogP contribution in [-0.4, -0.2) is 44.6 Å². The van der Waals surface area contributed by atoms with E-state index in [-0.39, 0.29) is 28.5 Å². The van der Waals surface area contributed by atoms with Crippen LogP contribution in [-0.2, 0) is 14.1 Å². The molecule has 3 aromatic rings. The van der Waals surface area contributed by atoms with Crippen LogP contribution in [0.25, 0.3) is 11.0 Å². The van der Waals surface area contributed by atoms with Crippen LogP contribution in [0.3, 0.4) is 0 Å². The minimum atomic E-state index is -0.480. The number of nitrogens with one attached hydrogen (secondary N) is 1. The van der Waals surface area contributed by atoms with Gasteiger partial charge in [0, 0.05) is 31.9 Å². The molecular weight excluding hydrogens is 418 g/mol. The summed E-state index contributed by atoms with van der Waals surface area (Å²) in [5.74, 6) is -0.332. The summed E-state index contributed by atoms with van der Waals surface area (Å²) in [5, 5.41) is 3.86.